The number of amides is 1. The molecule has 0 N–H and O–H groups in total. The molecule has 1 fully saturated rings. The summed E-state index contributed by atoms with van der Waals surface area (Å²) in [5.74, 6) is 0.625. The molecule has 1 aliphatic heterocycles. The van der Waals surface area contributed by atoms with Crippen LogP contribution in [0, 0.1) is 6.92 Å². The summed E-state index contributed by atoms with van der Waals surface area (Å²) in [5.41, 5.74) is 2.20. The molecule has 1 aromatic heterocycles. The largest absolute Gasteiger partial charge is 0.338 e. The molecule has 2 aromatic rings. The van der Waals surface area contributed by atoms with Gasteiger partial charge in [0.25, 0.3) is 5.91 Å². The number of carbonyl (C=O) groups is 1. The van der Waals surface area contributed by atoms with Gasteiger partial charge in [0.2, 0.25) is 5.95 Å². The molecule has 1 atom stereocenters. The minimum atomic E-state index is -0.0736. The maximum Gasteiger partial charge on any atom is 0.277 e. The quantitative estimate of drug-likeness (QED) is 0.808. The van der Waals surface area contributed by atoms with Gasteiger partial charge in [-0.15, -0.1) is 0 Å². The zero-order chi connectivity index (χ0) is 18.5. The van der Waals surface area contributed by atoms with Crippen LogP contribution in [0.25, 0.3) is 0 Å². The Hall–Kier alpha value is -2.43. The maximum absolute atomic E-state index is 13.1. The Morgan fingerprint density at radius 1 is 1.19 bits per heavy atom. The highest BCUT2D eigenvalue weighted by molar-refractivity contribution is 6.04. The Bertz CT molecular complexity index is 747. The Balaban J connectivity index is 1.92. The first kappa shape index (κ1) is 18.4. The van der Waals surface area contributed by atoms with Crippen molar-refractivity contribution in [2.45, 2.75) is 52.5 Å². The summed E-state index contributed by atoms with van der Waals surface area (Å²) in [6.07, 6.45) is 4.65. The van der Waals surface area contributed by atoms with Crippen molar-refractivity contribution in [2.24, 2.45) is 0 Å². The number of para-hydroxylation sites is 1. The second-order valence-electron chi connectivity index (χ2n) is 6.83. The molecule has 1 aliphatic rings. The fourth-order valence-corrected chi connectivity index (χ4v) is 3.67. The molecule has 3 rings (SSSR count). The van der Waals surface area contributed by atoms with Crippen molar-refractivity contribution < 1.29 is 4.79 Å². The van der Waals surface area contributed by atoms with Crippen molar-refractivity contribution in [2.75, 3.05) is 22.9 Å². The van der Waals surface area contributed by atoms with Crippen LogP contribution < -0.4 is 9.80 Å². The van der Waals surface area contributed by atoms with Crippen molar-refractivity contribution in [1.82, 2.24) is 9.97 Å². The van der Waals surface area contributed by atoms with E-state index in [2.05, 4.69) is 21.8 Å². The topological polar surface area (TPSA) is 49.3 Å². The number of benzene rings is 1. The molecule has 1 saturated heterocycles. The van der Waals surface area contributed by atoms with E-state index < -0.39 is 0 Å². The number of piperidine rings is 1. The third kappa shape index (κ3) is 3.87. The number of nitrogens with zero attached hydrogens (tertiary/aromatic N) is 4. The highest BCUT2D eigenvalue weighted by Crippen LogP contribution is 2.25. The predicted octanol–water partition coefficient (Wildman–Crippen LogP) is 4.22. The molecule has 1 unspecified atom stereocenters. The first-order valence-corrected chi connectivity index (χ1v) is 9.63. The van der Waals surface area contributed by atoms with Gasteiger partial charge in [-0.25, -0.2) is 9.97 Å². The highest BCUT2D eigenvalue weighted by Gasteiger charge is 2.25. The van der Waals surface area contributed by atoms with E-state index in [1.165, 1.54) is 12.8 Å². The van der Waals surface area contributed by atoms with Gasteiger partial charge in [0.1, 0.15) is 5.69 Å². The number of hydrogen-bond donors (Lipinski definition) is 0. The Kier molecular flexibility index (Phi) is 5.86. The summed E-state index contributed by atoms with van der Waals surface area (Å²) in [4.78, 5) is 26.5. The highest BCUT2D eigenvalue weighted by atomic mass is 16.2. The zero-order valence-electron chi connectivity index (χ0n) is 16.0. The van der Waals surface area contributed by atoms with Crippen LogP contribution in [0.2, 0.25) is 0 Å². The average molecular weight is 352 g/mol. The lowest BCUT2D eigenvalue weighted by molar-refractivity contribution is 0.0983. The number of rotatable bonds is 5. The Morgan fingerprint density at radius 3 is 2.65 bits per heavy atom. The van der Waals surface area contributed by atoms with Gasteiger partial charge in [-0.2, -0.15) is 0 Å². The van der Waals surface area contributed by atoms with Gasteiger partial charge in [0.05, 0.1) is 0 Å². The molecule has 5 heteroatoms. The molecule has 0 radical (unpaired) electrons. The lowest BCUT2D eigenvalue weighted by atomic mass is 10.0. The zero-order valence-corrected chi connectivity index (χ0v) is 16.0. The van der Waals surface area contributed by atoms with E-state index in [9.17, 15) is 4.79 Å². The lowest BCUT2D eigenvalue weighted by Gasteiger charge is -2.35. The molecule has 0 spiro atoms. The number of aromatic nitrogens is 2. The van der Waals surface area contributed by atoms with Gasteiger partial charge in [0.15, 0.2) is 0 Å². The summed E-state index contributed by atoms with van der Waals surface area (Å²) in [5, 5.41) is 0. The molecule has 1 aromatic carbocycles. The van der Waals surface area contributed by atoms with Crippen LogP contribution >= 0.6 is 0 Å². The standard InChI is InChI=1S/C21H28N4O/c1-4-17-11-9-10-14-25(17)21-22-16(3)15-19(23-21)20(26)24(5-2)18-12-7-6-8-13-18/h6-8,12-13,15,17H,4-5,9-11,14H2,1-3H3. The molecule has 5 nitrogen and oxygen atoms in total. The van der Waals surface area contributed by atoms with E-state index in [0.29, 0.717) is 24.2 Å². The SMILES string of the molecule is CCC1CCCCN1c1nc(C)cc(C(=O)N(CC)c2ccccc2)n1. The maximum atomic E-state index is 13.1. The van der Waals surface area contributed by atoms with Crippen LogP contribution in [0.5, 0.6) is 0 Å². The second-order valence-corrected chi connectivity index (χ2v) is 6.83. The fraction of sp³-hybridized carbons (Fsp3) is 0.476. The minimum Gasteiger partial charge on any atom is -0.338 e. The molecule has 0 saturated carbocycles. The molecular formula is C21H28N4O. The van der Waals surface area contributed by atoms with E-state index in [-0.39, 0.29) is 5.91 Å². The molecule has 138 valence electrons. The third-order valence-corrected chi connectivity index (χ3v) is 5.05. The summed E-state index contributed by atoms with van der Waals surface area (Å²) < 4.78 is 0. The van der Waals surface area contributed by atoms with Crippen LogP contribution in [0.1, 0.15) is 55.7 Å². The third-order valence-electron chi connectivity index (χ3n) is 5.05. The van der Waals surface area contributed by atoms with Crippen molar-refractivity contribution in [3.63, 3.8) is 0 Å². The van der Waals surface area contributed by atoms with E-state index in [1.54, 1.807) is 11.0 Å². The number of hydrogen-bond acceptors (Lipinski definition) is 4. The van der Waals surface area contributed by atoms with Gasteiger partial charge in [-0.05, 0) is 57.7 Å². The summed E-state index contributed by atoms with van der Waals surface area (Å²) in [6, 6.07) is 12.0. The van der Waals surface area contributed by atoms with Crippen LogP contribution in [0.15, 0.2) is 36.4 Å². The van der Waals surface area contributed by atoms with Crippen molar-refractivity contribution in [3.8, 4) is 0 Å². The minimum absolute atomic E-state index is 0.0736. The van der Waals surface area contributed by atoms with Gasteiger partial charge in [-0.1, -0.05) is 25.1 Å². The molecular weight excluding hydrogens is 324 g/mol. The van der Waals surface area contributed by atoms with E-state index in [0.717, 1.165) is 30.8 Å². The van der Waals surface area contributed by atoms with Crippen LogP contribution in [-0.4, -0.2) is 35.0 Å². The lowest BCUT2D eigenvalue weighted by Crippen LogP contribution is -2.41. The van der Waals surface area contributed by atoms with Crippen molar-refractivity contribution >= 4 is 17.5 Å². The smallest absolute Gasteiger partial charge is 0.277 e. The van der Waals surface area contributed by atoms with E-state index in [1.807, 2.05) is 44.2 Å². The second kappa shape index (κ2) is 8.30. The van der Waals surface area contributed by atoms with Gasteiger partial charge < -0.3 is 9.80 Å². The average Bonchev–Trinajstić information content (AvgIpc) is 2.68. The monoisotopic (exact) mass is 352 g/mol. The molecule has 0 bridgehead atoms. The number of anilines is 2. The Labute approximate surface area is 156 Å². The number of carbonyl (C=O) groups excluding carboxylic acids is 1. The fourth-order valence-electron chi connectivity index (χ4n) is 3.67. The van der Waals surface area contributed by atoms with Gasteiger partial charge in [0, 0.05) is 30.5 Å². The van der Waals surface area contributed by atoms with Crippen molar-refractivity contribution in [1.29, 1.82) is 0 Å². The van der Waals surface area contributed by atoms with Gasteiger partial charge >= 0.3 is 0 Å². The first-order valence-electron chi connectivity index (χ1n) is 9.63. The first-order chi connectivity index (χ1) is 12.6. The van der Waals surface area contributed by atoms with Gasteiger partial charge in [-0.3, -0.25) is 4.79 Å². The van der Waals surface area contributed by atoms with Crippen molar-refractivity contribution in [3.05, 3.63) is 47.8 Å². The molecule has 1 amide bonds. The molecule has 2 heterocycles. The van der Waals surface area contributed by atoms with Crippen LogP contribution in [0.4, 0.5) is 11.6 Å². The normalized spacial score (nSPS) is 17.2. The van der Waals surface area contributed by atoms with Crippen LogP contribution in [-0.2, 0) is 0 Å². The predicted molar refractivity (Wildman–Crippen MR) is 106 cm³/mol. The summed E-state index contributed by atoms with van der Waals surface area (Å²) in [6.45, 7) is 7.69. The molecule has 0 aliphatic carbocycles. The van der Waals surface area contributed by atoms with E-state index >= 15 is 0 Å². The summed E-state index contributed by atoms with van der Waals surface area (Å²) in [7, 11) is 0. The summed E-state index contributed by atoms with van der Waals surface area (Å²) >= 11 is 0. The molecule has 26 heavy (non-hydrogen) atoms. The number of aryl methyl sites for hydroxylation is 1. The Morgan fingerprint density at radius 2 is 1.96 bits per heavy atom. The van der Waals surface area contributed by atoms with E-state index in [4.69, 9.17) is 0 Å². The van der Waals surface area contributed by atoms with Crippen LogP contribution in [0.3, 0.4) is 0 Å².